The van der Waals surface area contributed by atoms with Gasteiger partial charge in [-0.25, -0.2) is 13.2 Å². The van der Waals surface area contributed by atoms with Gasteiger partial charge in [0.2, 0.25) is 0 Å². The van der Waals surface area contributed by atoms with Gasteiger partial charge in [-0.2, -0.15) is 0 Å². The molecule has 0 aliphatic heterocycles. The minimum Gasteiger partial charge on any atom is -0.508 e. The molecule has 0 atom stereocenters. The summed E-state index contributed by atoms with van der Waals surface area (Å²) in [7, 11) is -2.80. The van der Waals surface area contributed by atoms with Gasteiger partial charge in [0.1, 0.15) is 10.6 Å². The van der Waals surface area contributed by atoms with Crippen LogP contribution < -0.4 is 4.72 Å². The molecule has 0 aromatic heterocycles. The maximum Gasteiger partial charge on any atom is 0.337 e. The van der Waals surface area contributed by atoms with Crippen LogP contribution >= 0.6 is 11.6 Å². The van der Waals surface area contributed by atoms with Gasteiger partial charge in [0.05, 0.1) is 17.7 Å². The molecule has 0 heterocycles. The first kappa shape index (κ1) is 16.1. The maximum atomic E-state index is 12.4. The summed E-state index contributed by atoms with van der Waals surface area (Å²) in [6, 6.07) is 9.27. The highest BCUT2D eigenvalue weighted by Gasteiger charge is 2.20. The number of sulfonamides is 1. The lowest BCUT2D eigenvalue weighted by Gasteiger charge is -2.10. The fourth-order valence-corrected chi connectivity index (χ4v) is 3.28. The van der Waals surface area contributed by atoms with Gasteiger partial charge in [0.15, 0.2) is 0 Å². The lowest BCUT2D eigenvalue weighted by molar-refractivity contribution is 0.0600. The molecule has 0 unspecified atom stereocenters. The van der Waals surface area contributed by atoms with Crippen LogP contribution in [0.25, 0.3) is 0 Å². The zero-order chi connectivity index (χ0) is 16.3. The number of aromatic hydroxyl groups is 1. The second-order valence-corrected chi connectivity index (χ2v) is 6.35. The van der Waals surface area contributed by atoms with Crippen molar-refractivity contribution in [3.63, 3.8) is 0 Å². The van der Waals surface area contributed by atoms with E-state index in [0.717, 1.165) is 6.07 Å². The molecule has 0 saturated heterocycles. The normalized spacial score (nSPS) is 11.0. The molecular weight excluding hydrogens is 330 g/mol. The minimum absolute atomic E-state index is 0.00803. The van der Waals surface area contributed by atoms with E-state index in [-0.39, 0.29) is 26.9 Å². The predicted octanol–water partition coefficient (Wildman–Crippen LogP) is 2.63. The molecule has 0 spiro atoms. The first-order chi connectivity index (χ1) is 10.3. The molecule has 2 rings (SSSR count). The molecule has 116 valence electrons. The monoisotopic (exact) mass is 341 g/mol. The predicted molar refractivity (Wildman–Crippen MR) is 81.7 cm³/mol. The Morgan fingerprint density at radius 2 is 1.82 bits per heavy atom. The van der Waals surface area contributed by atoms with Crippen LogP contribution in [0.2, 0.25) is 5.02 Å². The number of carbonyl (C=O) groups is 1. The molecule has 2 aromatic rings. The van der Waals surface area contributed by atoms with Gasteiger partial charge < -0.3 is 9.84 Å². The molecule has 0 amide bonds. The Kier molecular flexibility index (Phi) is 4.58. The van der Waals surface area contributed by atoms with Gasteiger partial charge in [0, 0.05) is 5.69 Å². The Morgan fingerprint density at radius 3 is 2.41 bits per heavy atom. The SMILES string of the molecule is COC(=O)c1ccc(Cl)c(S(=O)(=O)Nc2ccc(O)cc2)c1. The molecule has 22 heavy (non-hydrogen) atoms. The largest absolute Gasteiger partial charge is 0.508 e. The molecule has 0 fully saturated rings. The highest BCUT2D eigenvalue weighted by Crippen LogP contribution is 2.26. The van der Waals surface area contributed by atoms with E-state index >= 15 is 0 Å². The second kappa shape index (κ2) is 6.25. The molecule has 2 N–H and O–H groups in total. The number of hydrogen-bond donors (Lipinski definition) is 2. The van der Waals surface area contributed by atoms with Crippen molar-refractivity contribution in [1.29, 1.82) is 0 Å². The van der Waals surface area contributed by atoms with E-state index in [2.05, 4.69) is 9.46 Å². The molecule has 0 bridgehead atoms. The molecule has 0 aliphatic rings. The molecule has 6 nitrogen and oxygen atoms in total. The molecule has 2 aromatic carbocycles. The summed E-state index contributed by atoms with van der Waals surface area (Å²) < 4.78 is 31.6. The van der Waals surface area contributed by atoms with Crippen LogP contribution in [0.3, 0.4) is 0 Å². The number of carbonyl (C=O) groups excluding carboxylic acids is 1. The van der Waals surface area contributed by atoms with Gasteiger partial charge in [-0.1, -0.05) is 11.6 Å². The van der Waals surface area contributed by atoms with Crippen LogP contribution in [-0.4, -0.2) is 26.6 Å². The topological polar surface area (TPSA) is 92.7 Å². The lowest BCUT2D eigenvalue weighted by Crippen LogP contribution is -2.14. The third kappa shape index (κ3) is 3.49. The fourth-order valence-electron chi connectivity index (χ4n) is 1.69. The number of anilines is 1. The van der Waals surface area contributed by atoms with Crippen LogP contribution in [0.15, 0.2) is 47.4 Å². The molecule has 0 aliphatic carbocycles. The van der Waals surface area contributed by atoms with Crippen LogP contribution in [-0.2, 0) is 14.8 Å². The van der Waals surface area contributed by atoms with Crippen molar-refractivity contribution in [2.45, 2.75) is 4.90 Å². The molecule has 0 radical (unpaired) electrons. The van der Waals surface area contributed by atoms with Gasteiger partial charge in [-0.15, -0.1) is 0 Å². The average molecular weight is 342 g/mol. The Labute approximate surface area is 132 Å². The van der Waals surface area contributed by atoms with Crippen molar-refractivity contribution in [3.05, 3.63) is 53.1 Å². The van der Waals surface area contributed by atoms with Crippen molar-refractivity contribution in [3.8, 4) is 5.75 Å². The van der Waals surface area contributed by atoms with Gasteiger partial charge in [0.25, 0.3) is 10.0 Å². The smallest absolute Gasteiger partial charge is 0.337 e. The van der Waals surface area contributed by atoms with Gasteiger partial charge in [-0.3, -0.25) is 4.72 Å². The summed E-state index contributed by atoms with van der Waals surface area (Å²) in [4.78, 5) is 11.2. The third-order valence-electron chi connectivity index (χ3n) is 2.76. The van der Waals surface area contributed by atoms with Crippen molar-refractivity contribution in [1.82, 2.24) is 0 Å². The van der Waals surface area contributed by atoms with Gasteiger partial charge >= 0.3 is 5.97 Å². The van der Waals surface area contributed by atoms with Gasteiger partial charge in [-0.05, 0) is 42.5 Å². The minimum atomic E-state index is -3.99. The number of methoxy groups -OCH3 is 1. The summed E-state index contributed by atoms with van der Waals surface area (Å²) in [5, 5.41) is 9.16. The number of phenols is 1. The van der Waals surface area contributed by atoms with Crippen molar-refractivity contribution in [2.75, 3.05) is 11.8 Å². The highest BCUT2D eigenvalue weighted by atomic mass is 35.5. The number of benzene rings is 2. The summed E-state index contributed by atoms with van der Waals surface area (Å²) in [5.41, 5.74) is 0.315. The number of rotatable bonds is 4. The number of esters is 1. The molecule has 0 saturated carbocycles. The van der Waals surface area contributed by atoms with Crippen LogP contribution in [0.4, 0.5) is 5.69 Å². The Bertz CT molecular complexity index is 802. The van der Waals surface area contributed by atoms with E-state index in [1.54, 1.807) is 0 Å². The van der Waals surface area contributed by atoms with E-state index in [9.17, 15) is 18.3 Å². The number of halogens is 1. The summed E-state index contributed by atoms with van der Waals surface area (Å²) in [6.45, 7) is 0. The molecule has 8 heteroatoms. The molecular formula is C14H12ClNO5S. The van der Waals surface area contributed by atoms with E-state index in [1.165, 1.54) is 43.5 Å². The van der Waals surface area contributed by atoms with Crippen LogP contribution in [0, 0.1) is 0 Å². The highest BCUT2D eigenvalue weighted by molar-refractivity contribution is 7.92. The Balaban J connectivity index is 2.40. The second-order valence-electron chi connectivity index (χ2n) is 4.29. The van der Waals surface area contributed by atoms with E-state index in [0.29, 0.717) is 0 Å². The Morgan fingerprint density at radius 1 is 1.18 bits per heavy atom. The zero-order valence-electron chi connectivity index (χ0n) is 11.4. The summed E-state index contributed by atoms with van der Waals surface area (Å²) >= 11 is 5.91. The van der Waals surface area contributed by atoms with Crippen molar-refractivity contribution >= 4 is 33.3 Å². The van der Waals surface area contributed by atoms with Crippen molar-refractivity contribution < 1.29 is 23.1 Å². The number of phenolic OH excluding ortho intramolecular Hbond substituents is 1. The van der Waals surface area contributed by atoms with Crippen LogP contribution in [0.5, 0.6) is 5.75 Å². The number of hydrogen-bond acceptors (Lipinski definition) is 5. The summed E-state index contributed by atoms with van der Waals surface area (Å²) in [6.07, 6.45) is 0. The average Bonchev–Trinajstić information content (AvgIpc) is 2.49. The number of nitrogens with one attached hydrogen (secondary N) is 1. The Hall–Kier alpha value is -2.25. The van der Waals surface area contributed by atoms with E-state index in [4.69, 9.17) is 11.6 Å². The van der Waals surface area contributed by atoms with Crippen LogP contribution in [0.1, 0.15) is 10.4 Å². The summed E-state index contributed by atoms with van der Waals surface area (Å²) in [5.74, 6) is -0.661. The van der Waals surface area contributed by atoms with E-state index in [1.807, 2.05) is 0 Å². The fraction of sp³-hybridized carbons (Fsp3) is 0.0714. The third-order valence-corrected chi connectivity index (χ3v) is 4.62. The van der Waals surface area contributed by atoms with Crippen molar-refractivity contribution in [2.24, 2.45) is 0 Å². The standard InChI is InChI=1S/C14H12ClNO5S/c1-21-14(18)9-2-7-12(15)13(8-9)22(19,20)16-10-3-5-11(17)6-4-10/h2-8,16-17H,1H3. The first-order valence-electron chi connectivity index (χ1n) is 6.03. The first-order valence-corrected chi connectivity index (χ1v) is 7.89. The quantitative estimate of drug-likeness (QED) is 0.658. The number of ether oxygens (including phenoxy) is 1. The zero-order valence-corrected chi connectivity index (χ0v) is 13.0. The van der Waals surface area contributed by atoms with E-state index < -0.39 is 16.0 Å². The maximum absolute atomic E-state index is 12.4. The lowest BCUT2D eigenvalue weighted by atomic mass is 10.2.